The van der Waals surface area contributed by atoms with E-state index in [0.717, 1.165) is 25.7 Å². The smallest absolute Gasteiger partial charge is 0.410 e. The van der Waals surface area contributed by atoms with E-state index in [9.17, 15) is 9.90 Å². The Morgan fingerprint density at radius 3 is 2.24 bits per heavy atom. The van der Waals surface area contributed by atoms with E-state index in [1.54, 1.807) is 0 Å². The van der Waals surface area contributed by atoms with Crippen molar-refractivity contribution in [2.45, 2.75) is 64.1 Å². The SMILES string of the molecule is CC(C)(C)OC(=O)N1C2CCC1CC(CO)C2. The van der Waals surface area contributed by atoms with Gasteiger partial charge in [-0.3, -0.25) is 0 Å². The van der Waals surface area contributed by atoms with Crippen LogP contribution in [0.2, 0.25) is 0 Å². The van der Waals surface area contributed by atoms with E-state index in [1.807, 2.05) is 25.7 Å². The summed E-state index contributed by atoms with van der Waals surface area (Å²) in [5, 5.41) is 9.23. The third kappa shape index (κ3) is 2.73. The van der Waals surface area contributed by atoms with Gasteiger partial charge in [0.1, 0.15) is 5.60 Å². The van der Waals surface area contributed by atoms with Crippen LogP contribution in [0.25, 0.3) is 0 Å². The first-order chi connectivity index (χ1) is 7.90. The molecule has 1 amide bonds. The maximum absolute atomic E-state index is 12.1. The summed E-state index contributed by atoms with van der Waals surface area (Å²) in [6.07, 6.45) is 3.78. The van der Waals surface area contributed by atoms with E-state index in [1.165, 1.54) is 0 Å². The Bertz CT molecular complexity index is 284. The molecule has 4 nitrogen and oxygen atoms in total. The fourth-order valence-electron chi connectivity index (χ4n) is 3.05. The summed E-state index contributed by atoms with van der Waals surface area (Å²) in [5.41, 5.74) is -0.426. The molecule has 98 valence electrons. The van der Waals surface area contributed by atoms with Crippen LogP contribution in [0.3, 0.4) is 0 Å². The first kappa shape index (κ1) is 12.7. The maximum atomic E-state index is 12.1. The largest absolute Gasteiger partial charge is 0.444 e. The van der Waals surface area contributed by atoms with Crippen molar-refractivity contribution in [1.29, 1.82) is 0 Å². The standard InChI is InChI=1S/C13H23NO3/c1-13(2,3)17-12(16)14-10-4-5-11(14)7-9(6-10)8-15/h9-11,15H,4-8H2,1-3H3. The number of hydrogen-bond donors (Lipinski definition) is 1. The number of aliphatic hydroxyl groups is 1. The van der Waals surface area contributed by atoms with Crippen molar-refractivity contribution < 1.29 is 14.6 Å². The second kappa shape index (κ2) is 4.48. The van der Waals surface area contributed by atoms with Crippen molar-refractivity contribution in [3.05, 3.63) is 0 Å². The van der Waals surface area contributed by atoms with Gasteiger partial charge in [0, 0.05) is 18.7 Å². The number of ether oxygens (including phenoxy) is 1. The minimum Gasteiger partial charge on any atom is -0.444 e. The molecule has 2 saturated heterocycles. The van der Waals surface area contributed by atoms with Crippen LogP contribution >= 0.6 is 0 Å². The highest BCUT2D eigenvalue weighted by atomic mass is 16.6. The number of fused-ring (bicyclic) bond motifs is 2. The van der Waals surface area contributed by atoms with Gasteiger partial charge in [-0.1, -0.05) is 0 Å². The van der Waals surface area contributed by atoms with Crippen LogP contribution in [0.4, 0.5) is 4.79 Å². The first-order valence-electron chi connectivity index (χ1n) is 6.53. The second-order valence-corrected chi connectivity index (χ2v) is 6.29. The van der Waals surface area contributed by atoms with Gasteiger partial charge in [0.25, 0.3) is 0 Å². The lowest BCUT2D eigenvalue weighted by molar-refractivity contribution is -0.00190. The predicted octanol–water partition coefficient (Wildman–Crippen LogP) is 2.16. The molecule has 2 aliphatic heterocycles. The van der Waals surface area contributed by atoms with Gasteiger partial charge in [-0.15, -0.1) is 0 Å². The van der Waals surface area contributed by atoms with Gasteiger partial charge in [0.05, 0.1) is 0 Å². The van der Waals surface area contributed by atoms with E-state index in [-0.39, 0.29) is 24.8 Å². The molecule has 0 aromatic carbocycles. The fraction of sp³-hybridized carbons (Fsp3) is 0.923. The van der Waals surface area contributed by atoms with Crippen LogP contribution in [-0.2, 0) is 4.74 Å². The molecule has 2 fully saturated rings. The summed E-state index contributed by atoms with van der Waals surface area (Å²) < 4.78 is 5.45. The summed E-state index contributed by atoms with van der Waals surface area (Å²) in [7, 11) is 0. The molecular weight excluding hydrogens is 218 g/mol. The Morgan fingerprint density at radius 2 is 1.82 bits per heavy atom. The number of hydrogen-bond acceptors (Lipinski definition) is 3. The Morgan fingerprint density at radius 1 is 1.29 bits per heavy atom. The van der Waals surface area contributed by atoms with Gasteiger partial charge in [-0.2, -0.15) is 0 Å². The van der Waals surface area contributed by atoms with Crippen LogP contribution in [-0.4, -0.2) is 40.4 Å². The second-order valence-electron chi connectivity index (χ2n) is 6.29. The molecule has 1 N–H and O–H groups in total. The molecule has 2 unspecified atom stereocenters. The Balaban J connectivity index is 2.01. The number of nitrogens with zero attached hydrogens (tertiary/aromatic N) is 1. The molecule has 0 saturated carbocycles. The van der Waals surface area contributed by atoms with Crippen LogP contribution in [0, 0.1) is 5.92 Å². The lowest BCUT2D eigenvalue weighted by Gasteiger charge is -2.39. The van der Waals surface area contributed by atoms with Crippen molar-refractivity contribution in [3.8, 4) is 0 Å². The molecule has 2 rings (SSSR count). The number of aliphatic hydroxyl groups excluding tert-OH is 1. The average Bonchev–Trinajstić information content (AvgIpc) is 2.47. The van der Waals surface area contributed by atoms with Gasteiger partial charge < -0.3 is 14.7 Å². The maximum Gasteiger partial charge on any atom is 0.410 e. The minimum absolute atomic E-state index is 0.179. The molecular formula is C13H23NO3. The van der Waals surface area contributed by atoms with Crippen molar-refractivity contribution in [3.63, 3.8) is 0 Å². The zero-order valence-corrected chi connectivity index (χ0v) is 11.0. The monoisotopic (exact) mass is 241 g/mol. The first-order valence-corrected chi connectivity index (χ1v) is 6.53. The van der Waals surface area contributed by atoms with Gasteiger partial charge in [-0.25, -0.2) is 4.79 Å². The van der Waals surface area contributed by atoms with E-state index in [4.69, 9.17) is 4.74 Å². The molecule has 0 aromatic rings. The third-order valence-electron chi connectivity index (χ3n) is 3.69. The highest BCUT2D eigenvalue weighted by Crippen LogP contribution is 2.39. The van der Waals surface area contributed by atoms with Crippen molar-refractivity contribution in [2.75, 3.05) is 6.61 Å². The van der Waals surface area contributed by atoms with Crippen LogP contribution in [0.1, 0.15) is 46.5 Å². The van der Waals surface area contributed by atoms with Gasteiger partial charge in [-0.05, 0) is 52.4 Å². The summed E-state index contributed by atoms with van der Waals surface area (Å²) in [6.45, 7) is 5.93. The lowest BCUT2D eigenvalue weighted by atomic mass is 9.92. The minimum atomic E-state index is -0.426. The molecule has 0 spiro atoms. The summed E-state index contributed by atoms with van der Waals surface area (Å²) in [6, 6.07) is 0.557. The van der Waals surface area contributed by atoms with Crippen molar-refractivity contribution in [1.82, 2.24) is 4.90 Å². The highest BCUT2D eigenvalue weighted by Gasteiger charge is 2.44. The van der Waals surface area contributed by atoms with E-state index < -0.39 is 5.60 Å². The van der Waals surface area contributed by atoms with Gasteiger partial charge in [0.2, 0.25) is 0 Å². The van der Waals surface area contributed by atoms with Crippen molar-refractivity contribution in [2.24, 2.45) is 5.92 Å². The zero-order chi connectivity index (χ0) is 12.6. The molecule has 0 radical (unpaired) electrons. The van der Waals surface area contributed by atoms with Crippen LogP contribution in [0.15, 0.2) is 0 Å². The van der Waals surface area contributed by atoms with Crippen molar-refractivity contribution >= 4 is 6.09 Å². The number of carbonyl (C=O) groups is 1. The highest BCUT2D eigenvalue weighted by molar-refractivity contribution is 5.69. The summed E-state index contributed by atoms with van der Waals surface area (Å²) in [4.78, 5) is 14.0. The number of rotatable bonds is 1. The average molecular weight is 241 g/mol. The van der Waals surface area contributed by atoms with Gasteiger partial charge in [0.15, 0.2) is 0 Å². The third-order valence-corrected chi connectivity index (χ3v) is 3.69. The zero-order valence-electron chi connectivity index (χ0n) is 11.0. The number of amides is 1. The molecule has 0 aromatic heterocycles. The molecule has 2 heterocycles. The normalized spacial score (nSPS) is 32.7. The Labute approximate surface area is 103 Å². The van der Waals surface area contributed by atoms with Crippen LogP contribution < -0.4 is 0 Å². The summed E-state index contributed by atoms with van der Waals surface area (Å²) >= 11 is 0. The fourth-order valence-corrected chi connectivity index (χ4v) is 3.05. The molecule has 0 aliphatic carbocycles. The molecule has 2 atom stereocenters. The molecule has 4 heteroatoms. The van der Waals surface area contributed by atoms with Crippen LogP contribution in [0.5, 0.6) is 0 Å². The predicted molar refractivity (Wildman–Crippen MR) is 64.7 cm³/mol. The quantitative estimate of drug-likeness (QED) is 0.765. The number of carbonyl (C=O) groups excluding carboxylic acids is 1. The van der Waals surface area contributed by atoms with E-state index in [2.05, 4.69) is 0 Å². The topological polar surface area (TPSA) is 49.8 Å². The lowest BCUT2D eigenvalue weighted by Crippen LogP contribution is -2.48. The molecule has 17 heavy (non-hydrogen) atoms. The van der Waals surface area contributed by atoms with E-state index in [0.29, 0.717) is 5.92 Å². The molecule has 2 bridgehead atoms. The number of piperidine rings is 1. The Kier molecular flexibility index (Phi) is 3.34. The van der Waals surface area contributed by atoms with E-state index >= 15 is 0 Å². The summed E-state index contributed by atoms with van der Waals surface area (Å²) in [5.74, 6) is 0.367. The molecule has 2 aliphatic rings. The Hall–Kier alpha value is -0.770. The van der Waals surface area contributed by atoms with Gasteiger partial charge >= 0.3 is 6.09 Å².